The number of benzene rings is 3. The molecule has 0 aromatic heterocycles. The topological polar surface area (TPSA) is 47.9 Å². The van der Waals surface area contributed by atoms with Gasteiger partial charge in [0.2, 0.25) is 0 Å². The largest absolute Gasteiger partial charge is 0.516 e. The van der Waals surface area contributed by atoms with Gasteiger partial charge in [-0.25, -0.2) is 0 Å². The molecule has 0 radical (unpaired) electrons. The van der Waals surface area contributed by atoms with Crippen molar-refractivity contribution < 1.29 is 19.3 Å². The molecule has 1 atom stereocenters. The number of rotatable bonds is 14. The van der Waals surface area contributed by atoms with Crippen LogP contribution in [0, 0.1) is 0 Å². The van der Waals surface area contributed by atoms with Gasteiger partial charge in [0.1, 0.15) is 17.1 Å². The van der Waals surface area contributed by atoms with Crippen molar-refractivity contribution in [2.45, 2.75) is 58.8 Å². The smallest absolute Gasteiger partial charge is 0.199 e. The van der Waals surface area contributed by atoms with Gasteiger partial charge in [-0.1, -0.05) is 86.2 Å². The summed E-state index contributed by atoms with van der Waals surface area (Å²) in [7, 11) is 0. The minimum atomic E-state index is -0.352. The van der Waals surface area contributed by atoms with Gasteiger partial charge in [0.05, 0.1) is 6.26 Å². The number of hydrogen-bond donors (Lipinski definition) is 1. The number of aliphatic hydroxyl groups is 1. The number of ether oxygens (including phenoxy) is 3. The normalized spacial score (nSPS) is 12.9. The molecule has 0 bridgehead atoms. The second kappa shape index (κ2) is 14.8. The highest BCUT2D eigenvalue weighted by atomic mass is 16.7. The predicted molar refractivity (Wildman–Crippen MR) is 158 cm³/mol. The van der Waals surface area contributed by atoms with Crippen molar-refractivity contribution in [3.63, 3.8) is 0 Å². The third-order valence-electron chi connectivity index (χ3n) is 5.86. The molecule has 0 aliphatic heterocycles. The number of allylic oxidation sites excluding steroid dienone is 2. The van der Waals surface area contributed by atoms with Crippen molar-refractivity contribution in [2.24, 2.45) is 0 Å². The Morgan fingerprint density at radius 1 is 0.737 bits per heavy atom. The SMILES string of the molecule is CCCC(OCC)Oc1ccc(C=CC=Cc2ccc(OC(C)(C)Cc3ccc(C=CO)cc3)cc2)cc1. The van der Waals surface area contributed by atoms with Crippen LogP contribution in [-0.4, -0.2) is 23.6 Å². The molecule has 0 aliphatic carbocycles. The molecule has 0 heterocycles. The van der Waals surface area contributed by atoms with Gasteiger partial charge in [0.25, 0.3) is 0 Å². The summed E-state index contributed by atoms with van der Waals surface area (Å²) in [5.74, 6) is 1.67. The first-order chi connectivity index (χ1) is 18.4. The zero-order valence-electron chi connectivity index (χ0n) is 23.0. The summed E-state index contributed by atoms with van der Waals surface area (Å²) in [5, 5.41) is 8.91. The van der Waals surface area contributed by atoms with E-state index in [1.807, 2.05) is 67.6 Å². The lowest BCUT2D eigenvalue weighted by Crippen LogP contribution is -2.30. The minimum Gasteiger partial charge on any atom is -0.516 e. The first kappa shape index (κ1) is 28.8. The Kier molecular flexibility index (Phi) is 11.3. The molecular formula is C34H40O4. The number of hydrogen-bond acceptors (Lipinski definition) is 4. The van der Waals surface area contributed by atoms with Crippen LogP contribution < -0.4 is 9.47 Å². The summed E-state index contributed by atoms with van der Waals surface area (Å²) in [4.78, 5) is 0. The van der Waals surface area contributed by atoms with E-state index in [4.69, 9.17) is 19.3 Å². The van der Waals surface area contributed by atoms with Gasteiger partial charge >= 0.3 is 0 Å². The zero-order valence-corrected chi connectivity index (χ0v) is 23.0. The van der Waals surface area contributed by atoms with Gasteiger partial charge in [-0.2, -0.15) is 0 Å². The summed E-state index contributed by atoms with van der Waals surface area (Å²) >= 11 is 0. The third kappa shape index (κ3) is 9.95. The lowest BCUT2D eigenvalue weighted by molar-refractivity contribution is -0.0798. The lowest BCUT2D eigenvalue weighted by atomic mass is 9.97. The van der Waals surface area contributed by atoms with Crippen LogP contribution in [0.5, 0.6) is 11.5 Å². The molecule has 38 heavy (non-hydrogen) atoms. The summed E-state index contributed by atoms with van der Waals surface area (Å²) in [5.41, 5.74) is 4.01. The van der Waals surface area contributed by atoms with Gasteiger partial charge in [0.15, 0.2) is 6.29 Å². The maximum Gasteiger partial charge on any atom is 0.199 e. The van der Waals surface area contributed by atoms with Crippen molar-refractivity contribution in [1.82, 2.24) is 0 Å². The van der Waals surface area contributed by atoms with E-state index >= 15 is 0 Å². The van der Waals surface area contributed by atoms with E-state index in [0.717, 1.165) is 53.7 Å². The van der Waals surface area contributed by atoms with E-state index < -0.39 is 0 Å². The van der Waals surface area contributed by atoms with Crippen molar-refractivity contribution in [3.8, 4) is 11.5 Å². The van der Waals surface area contributed by atoms with Gasteiger partial charge < -0.3 is 19.3 Å². The number of aliphatic hydroxyl groups excluding tert-OH is 1. The molecule has 0 aliphatic rings. The van der Waals surface area contributed by atoms with Crippen LogP contribution in [0.2, 0.25) is 0 Å². The maximum absolute atomic E-state index is 8.91. The minimum absolute atomic E-state index is 0.190. The molecule has 200 valence electrons. The van der Waals surface area contributed by atoms with Gasteiger partial charge in [0, 0.05) is 19.4 Å². The highest BCUT2D eigenvalue weighted by Gasteiger charge is 2.20. The van der Waals surface area contributed by atoms with E-state index in [0.29, 0.717) is 6.61 Å². The molecule has 0 spiro atoms. The predicted octanol–water partition coefficient (Wildman–Crippen LogP) is 8.88. The van der Waals surface area contributed by atoms with Crippen molar-refractivity contribution in [3.05, 3.63) is 113 Å². The molecule has 3 rings (SSSR count). The second-order valence-electron chi connectivity index (χ2n) is 9.74. The molecule has 0 saturated heterocycles. The maximum atomic E-state index is 8.91. The van der Waals surface area contributed by atoms with E-state index in [9.17, 15) is 0 Å². The van der Waals surface area contributed by atoms with Crippen molar-refractivity contribution in [1.29, 1.82) is 0 Å². The Balaban J connectivity index is 1.50. The quantitative estimate of drug-likeness (QED) is 0.133. The molecule has 4 heteroatoms. The van der Waals surface area contributed by atoms with E-state index in [1.165, 1.54) is 5.56 Å². The summed E-state index contributed by atoms with van der Waals surface area (Å²) < 4.78 is 17.8. The summed E-state index contributed by atoms with van der Waals surface area (Å²) in [6, 6.07) is 24.3. The highest BCUT2D eigenvalue weighted by Crippen LogP contribution is 2.23. The van der Waals surface area contributed by atoms with Crippen LogP contribution in [0.1, 0.15) is 62.8 Å². The standard InChI is InChI=1S/C34H40O4/c1-5-9-33(36-6-2)37-31-20-16-27(17-21-31)10-7-8-11-28-18-22-32(23-19-28)38-34(3,4)26-30-14-12-29(13-15-30)24-25-35/h7-8,10-25,33,35H,5-6,9,26H2,1-4H3. The van der Waals surface area contributed by atoms with Crippen molar-refractivity contribution >= 4 is 18.2 Å². The fraction of sp³-hybridized carbons (Fsp3) is 0.294. The molecule has 1 N–H and O–H groups in total. The zero-order chi connectivity index (χ0) is 27.2. The molecule has 0 saturated carbocycles. The van der Waals surface area contributed by atoms with Crippen LogP contribution in [0.25, 0.3) is 18.2 Å². The van der Waals surface area contributed by atoms with Gasteiger partial charge in [-0.3, -0.25) is 0 Å². The fourth-order valence-electron chi connectivity index (χ4n) is 4.07. The average molecular weight is 513 g/mol. The molecular weight excluding hydrogens is 472 g/mol. The monoisotopic (exact) mass is 512 g/mol. The summed E-state index contributed by atoms with van der Waals surface area (Å²) in [6.45, 7) is 8.94. The Hall–Kier alpha value is -3.76. The Morgan fingerprint density at radius 2 is 1.26 bits per heavy atom. The Labute approximate surface area is 227 Å². The fourth-order valence-corrected chi connectivity index (χ4v) is 4.07. The molecule has 1 unspecified atom stereocenters. The third-order valence-corrected chi connectivity index (χ3v) is 5.86. The molecule has 3 aromatic carbocycles. The first-order valence-electron chi connectivity index (χ1n) is 13.3. The van der Waals surface area contributed by atoms with E-state index in [1.54, 1.807) is 6.08 Å². The molecule has 4 nitrogen and oxygen atoms in total. The lowest BCUT2D eigenvalue weighted by Gasteiger charge is -2.27. The molecule has 0 fully saturated rings. The molecule has 0 amide bonds. The molecule has 3 aromatic rings. The Bertz CT molecular complexity index is 1160. The van der Waals surface area contributed by atoms with Gasteiger partial charge in [-0.05, 0) is 73.4 Å². The highest BCUT2D eigenvalue weighted by molar-refractivity contribution is 5.58. The van der Waals surface area contributed by atoms with Crippen LogP contribution in [-0.2, 0) is 11.2 Å². The van der Waals surface area contributed by atoms with E-state index in [-0.39, 0.29) is 11.9 Å². The van der Waals surface area contributed by atoms with Crippen LogP contribution >= 0.6 is 0 Å². The van der Waals surface area contributed by atoms with Crippen LogP contribution in [0.4, 0.5) is 0 Å². The average Bonchev–Trinajstić information content (AvgIpc) is 2.90. The summed E-state index contributed by atoms with van der Waals surface area (Å²) in [6.07, 6.45) is 13.4. The van der Waals surface area contributed by atoms with E-state index in [2.05, 4.69) is 57.2 Å². The Morgan fingerprint density at radius 3 is 1.79 bits per heavy atom. The van der Waals surface area contributed by atoms with Crippen molar-refractivity contribution in [2.75, 3.05) is 6.61 Å². The van der Waals surface area contributed by atoms with Gasteiger partial charge in [-0.15, -0.1) is 0 Å². The van der Waals surface area contributed by atoms with Crippen LogP contribution in [0.15, 0.2) is 91.2 Å². The second-order valence-corrected chi connectivity index (χ2v) is 9.74. The van der Waals surface area contributed by atoms with Crippen LogP contribution in [0.3, 0.4) is 0 Å². The first-order valence-corrected chi connectivity index (χ1v) is 13.3.